The van der Waals surface area contributed by atoms with Crippen LogP contribution in [0.2, 0.25) is 0 Å². The van der Waals surface area contributed by atoms with Gasteiger partial charge in [-0.05, 0) is 52.1 Å². The number of pyridine rings is 1. The summed E-state index contributed by atoms with van der Waals surface area (Å²) in [5, 5.41) is 0. The summed E-state index contributed by atoms with van der Waals surface area (Å²) >= 11 is 0. The van der Waals surface area contributed by atoms with Crippen molar-refractivity contribution in [1.82, 2.24) is 4.98 Å². The molecule has 92 valence electrons. The Kier molecular flexibility index (Phi) is 2.02. The van der Waals surface area contributed by atoms with E-state index < -0.39 is 31.1 Å². The SMILES string of the molecule is [2H]C([2H])([2H])c1cc(B2OC(C)(C)C(C)(C)O2)cc(F)n1. The van der Waals surface area contributed by atoms with Gasteiger partial charge in [-0.15, -0.1) is 0 Å². The Hall–Kier alpha value is -0.935. The molecule has 1 aromatic heterocycles. The van der Waals surface area contributed by atoms with Crippen LogP contribution in [0, 0.1) is 12.8 Å². The van der Waals surface area contributed by atoms with Crippen LogP contribution >= 0.6 is 0 Å². The molecule has 2 rings (SSSR count). The third-order valence-electron chi connectivity index (χ3n) is 3.34. The first kappa shape index (κ1) is 9.06. The van der Waals surface area contributed by atoms with Crippen LogP contribution in [0.15, 0.2) is 12.1 Å². The highest BCUT2D eigenvalue weighted by Gasteiger charge is 2.51. The zero-order valence-electron chi connectivity index (χ0n) is 13.4. The van der Waals surface area contributed by atoms with Crippen LogP contribution in [0.25, 0.3) is 0 Å². The van der Waals surface area contributed by atoms with Crippen molar-refractivity contribution in [2.24, 2.45) is 0 Å². The number of hydrogen-bond donors (Lipinski definition) is 0. The molecule has 1 aliphatic rings. The van der Waals surface area contributed by atoms with Crippen molar-refractivity contribution in [2.75, 3.05) is 0 Å². The van der Waals surface area contributed by atoms with Crippen molar-refractivity contribution in [3.63, 3.8) is 0 Å². The van der Waals surface area contributed by atoms with Crippen molar-refractivity contribution >= 4 is 12.6 Å². The molecule has 0 N–H and O–H groups in total. The summed E-state index contributed by atoms with van der Waals surface area (Å²) in [6, 6.07) is 2.44. The summed E-state index contributed by atoms with van der Waals surface area (Å²) in [4.78, 5) is 3.41. The quantitative estimate of drug-likeness (QED) is 0.554. The Morgan fingerprint density at radius 1 is 1.24 bits per heavy atom. The minimum atomic E-state index is -2.47. The lowest BCUT2D eigenvalue weighted by molar-refractivity contribution is 0.00578. The highest BCUT2D eigenvalue weighted by atomic mass is 19.1. The first-order valence-electron chi connectivity index (χ1n) is 6.96. The third-order valence-corrected chi connectivity index (χ3v) is 3.34. The Morgan fingerprint density at radius 2 is 1.82 bits per heavy atom. The standard InChI is InChI=1S/C12H17BFNO2/c1-8-6-9(7-10(14)15-8)13-16-11(2,3)12(4,5)17-13/h6-7H,1-5H3/i1D3. The molecule has 0 amide bonds. The molecule has 3 nitrogen and oxygen atoms in total. The largest absolute Gasteiger partial charge is 0.495 e. The second-order valence-corrected chi connectivity index (χ2v) is 5.20. The van der Waals surface area contributed by atoms with E-state index in [0.29, 0.717) is 5.46 Å². The first-order chi connectivity index (χ1) is 8.92. The lowest BCUT2D eigenvalue weighted by Gasteiger charge is -2.32. The molecule has 0 bridgehead atoms. The van der Waals surface area contributed by atoms with Gasteiger partial charge in [0.2, 0.25) is 5.95 Å². The lowest BCUT2D eigenvalue weighted by atomic mass is 9.79. The molecule has 5 heteroatoms. The van der Waals surface area contributed by atoms with Crippen LogP contribution in [0.5, 0.6) is 0 Å². The monoisotopic (exact) mass is 240 g/mol. The van der Waals surface area contributed by atoms with E-state index >= 15 is 0 Å². The first-order valence-corrected chi connectivity index (χ1v) is 5.46. The third kappa shape index (κ3) is 2.22. The number of aromatic nitrogens is 1. The van der Waals surface area contributed by atoms with Crippen molar-refractivity contribution in [3.05, 3.63) is 23.8 Å². The Bertz CT molecular complexity index is 518. The van der Waals surface area contributed by atoms with Crippen molar-refractivity contribution in [3.8, 4) is 0 Å². The predicted molar refractivity (Wildman–Crippen MR) is 64.6 cm³/mol. The molecule has 1 saturated heterocycles. The minimum Gasteiger partial charge on any atom is -0.399 e. The van der Waals surface area contributed by atoms with E-state index in [1.165, 1.54) is 6.07 Å². The Balaban J connectivity index is 2.38. The van der Waals surface area contributed by atoms with E-state index in [1.807, 2.05) is 27.7 Å². The van der Waals surface area contributed by atoms with Crippen molar-refractivity contribution < 1.29 is 17.8 Å². The average Bonchev–Trinajstić information content (AvgIpc) is 2.46. The summed E-state index contributed by atoms with van der Waals surface area (Å²) < 4.78 is 47.0. The van der Waals surface area contributed by atoms with Crippen LogP contribution in [0.4, 0.5) is 4.39 Å². The van der Waals surface area contributed by atoms with Crippen LogP contribution in [0.3, 0.4) is 0 Å². The number of hydrogen-bond acceptors (Lipinski definition) is 3. The molecule has 1 aliphatic heterocycles. The molecule has 0 aromatic carbocycles. The van der Waals surface area contributed by atoms with Gasteiger partial charge in [0.1, 0.15) is 0 Å². The molecule has 1 fully saturated rings. The fraction of sp³-hybridized carbons (Fsp3) is 0.583. The molecule has 0 saturated carbocycles. The summed E-state index contributed by atoms with van der Waals surface area (Å²) in [5.74, 6) is -0.858. The van der Waals surface area contributed by atoms with Crippen LogP contribution in [0.1, 0.15) is 37.5 Å². The van der Waals surface area contributed by atoms with Crippen LogP contribution in [-0.4, -0.2) is 23.3 Å². The van der Waals surface area contributed by atoms with Gasteiger partial charge in [-0.2, -0.15) is 4.39 Å². The molecular formula is C12H17BFNO2. The van der Waals surface area contributed by atoms with Gasteiger partial charge in [-0.3, -0.25) is 0 Å². The van der Waals surface area contributed by atoms with E-state index in [1.54, 1.807) is 0 Å². The number of nitrogens with zero attached hydrogens (tertiary/aromatic N) is 1. The van der Waals surface area contributed by atoms with E-state index in [-0.39, 0.29) is 5.69 Å². The summed E-state index contributed by atoms with van der Waals surface area (Å²) in [5.41, 5.74) is -1.13. The summed E-state index contributed by atoms with van der Waals surface area (Å²) in [7, 11) is -0.807. The number of halogens is 1. The Morgan fingerprint density at radius 3 is 2.35 bits per heavy atom. The van der Waals surface area contributed by atoms with Gasteiger partial charge in [0.05, 0.1) is 11.2 Å². The molecule has 17 heavy (non-hydrogen) atoms. The normalized spacial score (nSPS) is 25.2. The van der Waals surface area contributed by atoms with Gasteiger partial charge in [-0.1, -0.05) is 0 Å². The highest BCUT2D eigenvalue weighted by molar-refractivity contribution is 6.62. The molecule has 0 aliphatic carbocycles. The minimum absolute atomic E-state index is 0.304. The summed E-state index contributed by atoms with van der Waals surface area (Å²) in [6.45, 7) is 5.01. The molecule has 1 aromatic rings. The molecule has 0 unspecified atom stereocenters. The molecular weight excluding hydrogens is 220 g/mol. The second-order valence-electron chi connectivity index (χ2n) is 5.20. The molecule has 0 spiro atoms. The maximum Gasteiger partial charge on any atom is 0.495 e. The van der Waals surface area contributed by atoms with Crippen molar-refractivity contribution in [1.29, 1.82) is 0 Å². The zero-order valence-corrected chi connectivity index (χ0v) is 10.4. The zero-order chi connectivity index (χ0) is 15.3. The van der Waals surface area contributed by atoms with E-state index in [4.69, 9.17) is 13.4 Å². The number of rotatable bonds is 1. The van der Waals surface area contributed by atoms with Gasteiger partial charge >= 0.3 is 7.12 Å². The van der Waals surface area contributed by atoms with Crippen LogP contribution < -0.4 is 5.46 Å². The maximum atomic E-state index is 13.5. The van der Waals surface area contributed by atoms with Gasteiger partial charge in [0.15, 0.2) is 0 Å². The molecule has 0 radical (unpaired) electrons. The summed E-state index contributed by atoms with van der Waals surface area (Å²) in [6.07, 6.45) is 0. The predicted octanol–water partition coefficient (Wildman–Crippen LogP) is 1.83. The maximum absolute atomic E-state index is 13.5. The van der Waals surface area contributed by atoms with Gasteiger partial charge in [0, 0.05) is 9.81 Å². The van der Waals surface area contributed by atoms with E-state index in [9.17, 15) is 4.39 Å². The molecule has 0 atom stereocenters. The lowest BCUT2D eigenvalue weighted by Crippen LogP contribution is -2.41. The van der Waals surface area contributed by atoms with Gasteiger partial charge in [0.25, 0.3) is 0 Å². The van der Waals surface area contributed by atoms with Crippen LogP contribution in [-0.2, 0) is 9.31 Å². The van der Waals surface area contributed by atoms with E-state index in [0.717, 1.165) is 6.07 Å². The average molecular weight is 240 g/mol. The van der Waals surface area contributed by atoms with Gasteiger partial charge < -0.3 is 9.31 Å². The smallest absolute Gasteiger partial charge is 0.399 e. The topological polar surface area (TPSA) is 31.4 Å². The fourth-order valence-corrected chi connectivity index (χ4v) is 1.63. The van der Waals surface area contributed by atoms with Crippen molar-refractivity contribution in [2.45, 2.75) is 45.7 Å². The van der Waals surface area contributed by atoms with Gasteiger partial charge in [-0.25, -0.2) is 4.98 Å². The highest BCUT2D eigenvalue weighted by Crippen LogP contribution is 2.36. The Labute approximate surface area is 106 Å². The fourth-order valence-electron chi connectivity index (χ4n) is 1.63. The number of aryl methyl sites for hydroxylation is 1. The molecule has 2 heterocycles. The van der Waals surface area contributed by atoms with E-state index in [2.05, 4.69) is 4.98 Å². The second kappa shape index (κ2) is 3.78.